The molecule has 4 fully saturated rings. The lowest BCUT2D eigenvalue weighted by Gasteiger charge is -2.33. The third-order valence-corrected chi connectivity index (χ3v) is 16.2. The average Bonchev–Trinajstić information content (AvgIpc) is 4.08. The number of halogens is 4. The van der Waals surface area contributed by atoms with Gasteiger partial charge in [-0.25, -0.2) is 34.4 Å². The van der Waals surface area contributed by atoms with Crippen molar-refractivity contribution >= 4 is 43.7 Å². The smallest absolute Gasteiger partial charge is 0.245 e. The van der Waals surface area contributed by atoms with Crippen LogP contribution in [0.15, 0.2) is 36.4 Å². The number of nitrogens with one attached hydrogen (secondary N) is 4. The lowest BCUT2D eigenvalue weighted by atomic mass is 9.97. The Morgan fingerprint density at radius 1 is 0.632 bits per heavy atom. The van der Waals surface area contributed by atoms with Gasteiger partial charge in [0, 0.05) is 62.2 Å². The van der Waals surface area contributed by atoms with Crippen LogP contribution in [0, 0.1) is 35.1 Å². The second-order valence-corrected chi connectivity index (χ2v) is 22.0. The molecule has 2 aromatic carbocycles. The van der Waals surface area contributed by atoms with E-state index >= 15 is 0 Å². The van der Waals surface area contributed by atoms with Gasteiger partial charge in [-0.1, -0.05) is 12.8 Å². The van der Waals surface area contributed by atoms with Gasteiger partial charge in [0.15, 0.2) is 23.3 Å². The van der Waals surface area contributed by atoms with Crippen LogP contribution < -0.4 is 30.7 Å². The quantitative estimate of drug-likeness (QED) is 0.103. The number of unbranched alkanes of at least 4 members (excludes halogenated alkanes) is 1. The number of carbonyl (C=O) groups excluding carboxylic acids is 4. The van der Waals surface area contributed by atoms with Crippen LogP contribution >= 0.6 is 0 Å². The molecule has 4 aliphatic rings. The molecule has 4 saturated heterocycles. The third kappa shape index (κ3) is 12.0. The van der Waals surface area contributed by atoms with Crippen LogP contribution in [0.2, 0.25) is 0 Å². The lowest BCUT2D eigenvalue weighted by molar-refractivity contribution is -0.139. The van der Waals surface area contributed by atoms with Gasteiger partial charge >= 0.3 is 0 Å². The van der Waals surface area contributed by atoms with Crippen molar-refractivity contribution in [3.8, 4) is 11.5 Å². The maximum Gasteiger partial charge on any atom is 0.245 e. The van der Waals surface area contributed by atoms with E-state index in [-0.39, 0.29) is 76.6 Å². The molecule has 0 aliphatic carbocycles. The van der Waals surface area contributed by atoms with Crippen LogP contribution in [0.4, 0.5) is 17.6 Å². The van der Waals surface area contributed by atoms with E-state index in [1.54, 1.807) is 37.7 Å². The van der Waals surface area contributed by atoms with Gasteiger partial charge in [-0.15, -0.1) is 0 Å². The summed E-state index contributed by atoms with van der Waals surface area (Å²) < 4.78 is 121. The van der Waals surface area contributed by atoms with E-state index < -0.39 is 127 Å². The minimum atomic E-state index is -3.75. The largest absolute Gasteiger partial charge is 0.493 e. The summed E-state index contributed by atoms with van der Waals surface area (Å²) >= 11 is 0. The topological polar surface area (TPSA) is 216 Å². The van der Waals surface area contributed by atoms with E-state index in [1.807, 2.05) is 0 Å². The van der Waals surface area contributed by atoms with Gasteiger partial charge in [-0.05, 0) is 77.9 Å². The zero-order valence-corrected chi connectivity index (χ0v) is 40.6. The molecule has 18 nitrogen and oxygen atoms in total. The van der Waals surface area contributed by atoms with E-state index in [2.05, 4.69) is 21.3 Å². The number of likely N-dealkylation sites (tertiary alicyclic amines) is 2. The summed E-state index contributed by atoms with van der Waals surface area (Å²) in [6.45, 7) is 3.27. The van der Waals surface area contributed by atoms with Crippen molar-refractivity contribution in [3.63, 3.8) is 0 Å². The average molecular weight is 1000 g/mol. The minimum absolute atomic E-state index is 0.00431. The number of likely N-dealkylation sites (N-methyl/N-ethyl adjacent to an activating group) is 2. The molecule has 0 aromatic heterocycles. The van der Waals surface area contributed by atoms with Crippen molar-refractivity contribution in [2.24, 2.45) is 11.8 Å². The summed E-state index contributed by atoms with van der Waals surface area (Å²) in [6, 6.07) is -0.107. The fourth-order valence-corrected chi connectivity index (χ4v) is 12.3. The summed E-state index contributed by atoms with van der Waals surface area (Å²) in [7, 11) is -4.34. The molecule has 4 heterocycles. The number of rotatable bonds is 21. The van der Waals surface area contributed by atoms with E-state index in [0.29, 0.717) is 12.8 Å². The number of benzene rings is 2. The molecule has 0 radical (unpaired) electrons. The predicted molar refractivity (Wildman–Crippen MR) is 241 cm³/mol. The molecule has 378 valence electrons. The van der Waals surface area contributed by atoms with Crippen LogP contribution in [0.1, 0.15) is 52.4 Å². The number of ether oxygens (including phenoxy) is 2. The van der Waals surface area contributed by atoms with Gasteiger partial charge in [-0.2, -0.15) is 8.61 Å². The predicted octanol–water partition coefficient (Wildman–Crippen LogP) is 1.17. The Labute approximate surface area is 394 Å². The fourth-order valence-electron chi connectivity index (χ4n) is 9.90. The molecular formula is C44H62F4N8O10S2. The number of fused-ring (bicyclic) bond motifs is 2. The molecule has 2 unspecified atom stereocenters. The molecule has 4 N–H and O–H groups in total. The first-order valence-corrected chi connectivity index (χ1v) is 26.4. The highest BCUT2D eigenvalue weighted by Gasteiger charge is 2.55. The van der Waals surface area contributed by atoms with Crippen molar-refractivity contribution in [1.82, 2.24) is 39.7 Å². The Bertz CT molecular complexity index is 2240. The van der Waals surface area contributed by atoms with Crippen LogP contribution in [0.3, 0.4) is 0 Å². The number of carbonyl (C=O) groups is 4. The Hall–Kier alpha value is -4.62. The molecule has 0 saturated carbocycles. The van der Waals surface area contributed by atoms with Gasteiger partial charge in [0.2, 0.25) is 43.7 Å². The number of sulfonamides is 2. The molecule has 10 atom stereocenters. The normalized spacial score (nSPS) is 24.8. The van der Waals surface area contributed by atoms with Crippen LogP contribution in [-0.4, -0.2) is 173 Å². The highest BCUT2D eigenvalue weighted by atomic mass is 32.2. The van der Waals surface area contributed by atoms with Gasteiger partial charge < -0.3 is 40.5 Å². The van der Waals surface area contributed by atoms with Crippen molar-refractivity contribution < 1.29 is 63.0 Å². The molecule has 0 spiro atoms. The maximum atomic E-state index is 14.6. The molecule has 2 aromatic rings. The number of amides is 4. The highest BCUT2D eigenvalue weighted by Crippen LogP contribution is 2.40. The summed E-state index contributed by atoms with van der Waals surface area (Å²) in [5, 5.41) is 11.4. The highest BCUT2D eigenvalue weighted by molar-refractivity contribution is 7.88. The van der Waals surface area contributed by atoms with Crippen LogP contribution in [0.25, 0.3) is 0 Å². The lowest BCUT2D eigenvalue weighted by Crippen LogP contribution is -2.55. The van der Waals surface area contributed by atoms with Crippen molar-refractivity contribution in [3.05, 3.63) is 59.7 Å². The molecule has 68 heavy (non-hydrogen) atoms. The molecule has 4 aliphatic heterocycles. The Morgan fingerprint density at radius 3 is 1.32 bits per heavy atom. The molecule has 4 amide bonds. The van der Waals surface area contributed by atoms with Crippen LogP contribution in [0.5, 0.6) is 11.5 Å². The second-order valence-electron chi connectivity index (χ2n) is 18.1. The van der Waals surface area contributed by atoms with E-state index in [4.69, 9.17) is 9.47 Å². The first-order chi connectivity index (χ1) is 32.0. The number of nitrogens with zero attached hydrogens (tertiary/aromatic N) is 4. The molecule has 6 rings (SSSR count). The first kappa shape index (κ1) is 52.7. The van der Waals surface area contributed by atoms with Crippen LogP contribution in [-0.2, 0) is 39.2 Å². The summed E-state index contributed by atoms with van der Waals surface area (Å²) in [6.07, 6.45) is 3.45. The summed E-state index contributed by atoms with van der Waals surface area (Å²) in [5.41, 5.74) is 0. The number of hydrogen-bond acceptors (Lipinski definition) is 12. The van der Waals surface area contributed by atoms with Crippen molar-refractivity contribution in [2.75, 3.05) is 66.0 Å². The maximum absolute atomic E-state index is 14.6. The van der Waals surface area contributed by atoms with Crippen molar-refractivity contribution in [1.29, 1.82) is 0 Å². The van der Waals surface area contributed by atoms with Gasteiger partial charge in [-0.3, -0.25) is 19.2 Å². The van der Waals surface area contributed by atoms with Gasteiger partial charge in [0.25, 0.3) is 0 Å². The van der Waals surface area contributed by atoms with E-state index in [9.17, 15) is 53.6 Å². The number of hydrogen-bond donors (Lipinski definition) is 4. The molecule has 0 bridgehead atoms. The zero-order valence-electron chi connectivity index (χ0n) is 38.9. The SMILES string of the molecule is CN[C@@H](C)C(=O)NC(CCCCC(NC(=O)[C@H](C)NC)C(=O)N1CC[C@@H]2[C@H]1[C@@H](COc1ccc(F)c(F)c1)CN2S(C)(=O)=O)C(=O)N1CC[C@@H]2[C@H]1[C@@H](COc1ccc(F)c(F)c1)CN2S(C)(=O)=O. The van der Waals surface area contributed by atoms with E-state index in [1.165, 1.54) is 20.7 Å². The monoisotopic (exact) mass is 1000 g/mol. The Kier molecular flexibility index (Phi) is 17.1. The fraction of sp³-hybridized carbons (Fsp3) is 0.636. The third-order valence-electron chi connectivity index (χ3n) is 13.6. The Morgan fingerprint density at radius 2 is 1.00 bits per heavy atom. The van der Waals surface area contributed by atoms with Crippen molar-refractivity contribution in [2.45, 2.75) is 101 Å². The van der Waals surface area contributed by atoms with Gasteiger partial charge in [0.05, 0.1) is 49.9 Å². The summed E-state index contributed by atoms with van der Waals surface area (Å²) in [5.74, 6) is -7.40. The van der Waals surface area contributed by atoms with E-state index in [0.717, 1.165) is 36.8 Å². The standard InChI is InChI=1S/C44H62F4N8O10S2/c1-25(49-3)41(57)51-35(43(59)53-17-15-37-39(53)27(21-55(37)67(5,61)62)23-65-29-11-13-31(45)33(47)19-29)9-7-8-10-36(52-42(58)26(2)50-4)44(60)54-18-16-38-40(54)28(22-56(38)68(6,63)64)24-66-30-12-14-32(46)34(48)20-30/h11-14,19-20,25-28,35-40,49-50H,7-10,15-18,21-24H2,1-6H3,(H,51,57)(H,52,58)/t25-,26-,27+,28+,35?,36?,37+,38+,39+,40+/m0/s1. The Balaban J connectivity index is 1.19. The van der Waals surface area contributed by atoms with Gasteiger partial charge in [0.1, 0.15) is 23.6 Å². The summed E-state index contributed by atoms with van der Waals surface area (Å²) in [4.78, 5) is 59.1. The first-order valence-electron chi connectivity index (χ1n) is 22.7. The molecular weight excluding hydrogens is 941 g/mol. The second kappa shape index (κ2) is 22.0. The minimum Gasteiger partial charge on any atom is -0.493 e. The zero-order chi connectivity index (χ0) is 49.8. The molecule has 24 heteroatoms.